The molecule has 5 nitrogen and oxygen atoms in total. The Labute approximate surface area is 64.7 Å². The van der Waals surface area contributed by atoms with E-state index in [0.29, 0.717) is 25.9 Å². The molecule has 1 fully saturated rings. The van der Waals surface area contributed by atoms with E-state index in [4.69, 9.17) is 11.0 Å². The molecule has 0 aromatic heterocycles. The highest BCUT2D eigenvalue weighted by atomic mass is 16.6. The van der Waals surface area contributed by atoms with Gasteiger partial charge in [-0.2, -0.15) is 0 Å². The van der Waals surface area contributed by atoms with Crippen LogP contribution in [0.15, 0.2) is 0 Å². The van der Waals surface area contributed by atoms with Crippen molar-refractivity contribution < 1.29 is 14.7 Å². The molecule has 1 aliphatic rings. The third-order valence-electron chi connectivity index (χ3n) is 1.90. The fourth-order valence-corrected chi connectivity index (χ4v) is 1.18. The molecular weight excluding hydrogens is 148 g/mol. The molecule has 1 aliphatic heterocycles. The van der Waals surface area contributed by atoms with Gasteiger partial charge in [-0.25, -0.2) is 10.7 Å². The third kappa shape index (κ3) is 2.06. The standard InChI is InChI=1S/C6H12N2O3/c7-11-5-1-3-8(4-2-5)6(9)10/h5H,1-4,7H2,(H,9,10). The molecule has 1 amide bonds. The summed E-state index contributed by atoms with van der Waals surface area (Å²) in [5.41, 5.74) is 0. The molecule has 1 rings (SSSR count). The average Bonchev–Trinajstić information content (AvgIpc) is 2.05. The highest BCUT2D eigenvalue weighted by Gasteiger charge is 2.21. The van der Waals surface area contributed by atoms with Crippen LogP contribution in [0.25, 0.3) is 0 Å². The van der Waals surface area contributed by atoms with E-state index >= 15 is 0 Å². The van der Waals surface area contributed by atoms with Gasteiger partial charge in [-0.3, -0.25) is 0 Å². The first kappa shape index (κ1) is 8.29. The summed E-state index contributed by atoms with van der Waals surface area (Å²) >= 11 is 0. The van der Waals surface area contributed by atoms with E-state index in [-0.39, 0.29) is 6.10 Å². The van der Waals surface area contributed by atoms with Crippen molar-refractivity contribution in [1.82, 2.24) is 4.90 Å². The number of hydrogen-bond donors (Lipinski definition) is 2. The van der Waals surface area contributed by atoms with Crippen LogP contribution in [0.5, 0.6) is 0 Å². The van der Waals surface area contributed by atoms with Crippen LogP contribution in [-0.4, -0.2) is 35.3 Å². The molecule has 5 heteroatoms. The van der Waals surface area contributed by atoms with Gasteiger partial charge in [0.15, 0.2) is 0 Å². The monoisotopic (exact) mass is 160 g/mol. The van der Waals surface area contributed by atoms with Crippen molar-refractivity contribution in [3.05, 3.63) is 0 Å². The van der Waals surface area contributed by atoms with Crippen LogP contribution in [0.4, 0.5) is 4.79 Å². The van der Waals surface area contributed by atoms with Crippen LogP contribution < -0.4 is 5.90 Å². The van der Waals surface area contributed by atoms with Gasteiger partial charge >= 0.3 is 6.09 Å². The maximum Gasteiger partial charge on any atom is 0.407 e. The van der Waals surface area contributed by atoms with Gasteiger partial charge in [0, 0.05) is 13.1 Å². The lowest BCUT2D eigenvalue weighted by Crippen LogP contribution is -2.40. The number of carboxylic acid groups (broad SMARTS) is 1. The van der Waals surface area contributed by atoms with Crippen molar-refractivity contribution in [2.24, 2.45) is 5.90 Å². The van der Waals surface area contributed by atoms with Gasteiger partial charge in [0.05, 0.1) is 6.10 Å². The summed E-state index contributed by atoms with van der Waals surface area (Å²) in [7, 11) is 0. The minimum atomic E-state index is -0.861. The number of amides is 1. The number of nitrogens with zero attached hydrogens (tertiary/aromatic N) is 1. The van der Waals surface area contributed by atoms with E-state index in [9.17, 15) is 4.79 Å². The van der Waals surface area contributed by atoms with E-state index in [2.05, 4.69) is 4.84 Å². The number of nitrogens with two attached hydrogens (primary N) is 1. The zero-order chi connectivity index (χ0) is 8.27. The molecule has 1 heterocycles. The Balaban J connectivity index is 2.30. The lowest BCUT2D eigenvalue weighted by atomic mass is 10.1. The molecule has 0 radical (unpaired) electrons. The average molecular weight is 160 g/mol. The number of rotatable bonds is 1. The highest BCUT2D eigenvalue weighted by Crippen LogP contribution is 2.11. The summed E-state index contributed by atoms with van der Waals surface area (Å²) in [5, 5.41) is 8.55. The first-order valence-electron chi connectivity index (χ1n) is 3.57. The Bertz CT molecular complexity index is 143. The largest absolute Gasteiger partial charge is 0.465 e. The van der Waals surface area contributed by atoms with E-state index in [1.165, 1.54) is 4.90 Å². The van der Waals surface area contributed by atoms with Gasteiger partial charge in [0.25, 0.3) is 0 Å². The van der Waals surface area contributed by atoms with Crippen LogP contribution in [0.3, 0.4) is 0 Å². The second-order valence-electron chi connectivity index (χ2n) is 2.61. The van der Waals surface area contributed by atoms with Gasteiger partial charge in [-0.05, 0) is 12.8 Å². The van der Waals surface area contributed by atoms with Crippen LogP contribution >= 0.6 is 0 Å². The van der Waals surface area contributed by atoms with Crippen molar-refractivity contribution in [2.75, 3.05) is 13.1 Å². The Kier molecular flexibility index (Phi) is 2.67. The summed E-state index contributed by atoms with van der Waals surface area (Å²) in [4.78, 5) is 16.4. The lowest BCUT2D eigenvalue weighted by Gasteiger charge is -2.28. The zero-order valence-corrected chi connectivity index (χ0v) is 6.19. The molecule has 1 saturated heterocycles. The molecule has 11 heavy (non-hydrogen) atoms. The van der Waals surface area contributed by atoms with Crippen LogP contribution in [-0.2, 0) is 4.84 Å². The van der Waals surface area contributed by atoms with E-state index in [1.807, 2.05) is 0 Å². The van der Waals surface area contributed by atoms with Gasteiger partial charge in [-0.15, -0.1) is 0 Å². The third-order valence-corrected chi connectivity index (χ3v) is 1.90. The Morgan fingerprint density at radius 3 is 2.45 bits per heavy atom. The predicted octanol–water partition coefficient (Wildman–Crippen LogP) is 0.0191. The second-order valence-corrected chi connectivity index (χ2v) is 2.61. The Morgan fingerprint density at radius 1 is 1.55 bits per heavy atom. The molecule has 3 N–H and O–H groups in total. The molecule has 0 aromatic rings. The molecular formula is C6H12N2O3. The Hall–Kier alpha value is -0.810. The first-order chi connectivity index (χ1) is 5.24. The quantitative estimate of drug-likeness (QED) is 0.530. The number of likely N-dealkylation sites (tertiary alicyclic amines) is 1. The molecule has 0 aliphatic carbocycles. The normalized spacial score (nSPS) is 20.3. The van der Waals surface area contributed by atoms with Crippen LogP contribution in [0.1, 0.15) is 12.8 Å². The van der Waals surface area contributed by atoms with Gasteiger partial charge in [-0.1, -0.05) is 0 Å². The summed E-state index contributed by atoms with van der Waals surface area (Å²) < 4.78 is 0. The topological polar surface area (TPSA) is 75.8 Å². The zero-order valence-electron chi connectivity index (χ0n) is 6.19. The molecule has 0 unspecified atom stereocenters. The fourth-order valence-electron chi connectivity index (χ4n) is 1.18. The van der Waals surface area contributed by atoms with E-state index in [0.717, 1.165) is 0 Å². The maximum absolute atomic E-state index is 10.4. The van der Waals surface area contributed by atoms with Crippen LogP contribution in [0.2, 0.25) is 0 Å². The minimum Gasteiger partial charge on any atom is -0.465 e. The Morgan fingerprint density at radius 2 is 2.09 bits per heavy atom. The summed E-state index contributed by atoms with van der Waals surface area (Å²) in [6, 6.07) is 0. The first-order valence-corrected chi connectivity index (χ1v) is 3.57. The van der Waals surface area contributed by atoms with Gasteiger partial charge in [0.2, 0.25) is 0 Å². The van der Waals surface area contributed by atoms with E-state index < -0.39 is 6.09 Å². The van der Waals surface area contributed by atoms with Crippen molar-refractivity contribution in [3.8, 4) is 0 Å². The number of piperidine rings is 1. The van der Waals surface area contributed by atoms with E-state index in [1.54, 1.807) is 0 Å². The molecule has 0 saturated carbocycles. The molecule has 0 aromatic carbocycles. The molecule has 0 spiro atoms. The molecule has 0 bridgehead atoms. The summed E-state index contributed by atoms with van der Waals surface area (Å²) in [5.74, 6) is 4.96. The second kappa shape index (κ2) is 3.54. The molecule has 0 atom stereocenters. The smallest absolute Gasteiger partial charge is 0.407 e. The number of carbonyl (C=O) groups is 1. The number of hydrogen-bond acceptors (Lipinski definition) is 3. The predicted molar refractivity (Wildman–Crippen MR) is 37.9 cm³/mol. The lowest BCUT2D eigenvalue weighted by molar-refractivity contribution is 0.00923. The SMILES string of the molecule is NOC1CCN(C(=O)O)CC1. The summed E-state index contributed by atoms with van der Waals surface area (Å²) in [6.45, 7) is 1.05. The van der Waals surface area contributed by atoms with Crippen LogP contribution in [0, 0.1) is 0 Å². The van der Waals surface area contributed by atoms with Gasteiger partial charge < -0.3 is 14.8 Å². The molecule has 64 valence electrons. The van der Waals surface area contributed by atoms with Crippen molar-refractivity contribution in [1.29, 1.82) is 0 Å². The van der Waals surface area contributed by atoms with Crippen molar-refractivity contribution in [2.45, 2.75) is 18.9 Å². The fraction of sp³-hybridized carbons (Fsp3) is 0.833. The highest BCUT2D eigenvalue weighted by molar-refractivity contribution is 5.64. The minimum absolute atomic E-state index is 0.0330. The van der Waals surface area contributed by atoms with Crippen molar-refractivity contribution >= 4 is 6.09 Å². The van der Waals surface area contributed by atoms with Gasteiger partial charge in [0.1, 0.15) is 0 Å². The maximum atomic E-state index is 10.4. The summed E-state index contributed by atoms with van der Waals surface area (Å²) in [6.07, 6.45) is 0.567. The van der Waals surface area contributed by atoms with Crippen molar-refractivity contribution in [3.63, 3.8) is 0 Å².